The van der Waals surface area contributed by atoms with Crippen molar-refractivity contribution in [2.24, 2.45) is 0 Å². The first-order valence-corrected chi connectivity index (χ1v) is 9.55. The molecule has 0 spiro atoms. The third kappa shape index (κ3) is 4.45. The Morgan fingerprint density at radius 1 is 1.30 bits per heavy atom. The Labute approximate surface area is 165 Å². The zero-order valence-electron chi connectivity index (χ0n) is 15.7. The van der Waals surface area contributed by atoms with E-state index in [1.807, 2.05) is 36.1 Å². The topological polar surface area (TPSA) is 38.8 Å². The van der Waals surface area contributed by atoms with Crippen molar-refractivity contribution in [1.82, 2.24) is 4.90 Å². The highest BCUT2D eigenvalue weighted by Gasteiger charge is 2.28. The SMILES string of the molecule is CCOc1c(Cl)cc(/C=C/C(=O)N2CCCC2c2ccccc2)cc1OC. The van der Waals surface area contributed by atoms with Crippen molar-refractivity contribution in [1.29, 1.82) is 0 Å². The van der Waals surface area contributed by atoms with Crippen LogP contribution in [0.3, 0.4) is 0 Å². The van der Waals surface area contributed by atoms with Gasteiger partial charge in [0.15, 0.2) is 11.5 Å². The highest BCUT2D eigenvalue weighted by atomic mass is 35.5. The summed E-state index contributed by atoms with van der Waals surface area (Å²) in [6.07, 6.45) is 5.38. The average molecular weight is 386 g/mol. The van der Waals surface area contributed by atoms with Gasteiger partial charge in [-0.2, -0.15) is 0 Å². The Kier molecular flexibility index (Phi) is 6.40. The maximum Gasteiger partial charge on any atom is 0.247 e. The Morgan fingerprint density at radius 2 is 2.07 bits per heavy atom. The van der Waals surface area contributed by atoms with E-state index >= 15 is 0 Å². The molecule has 0 bridgehead atoms. The van der Waals surface area contributed by atoms with Gasteiger partial charge in [-0.1, -0.05) is 41.9 Å². The summed E-state index contributed by atoms with van der Waals surface area (Å²) in [6.45, 7) is 3.16. The third-order valence-electron chi connectivity index (χ3n) is 4.68. The molecule has 1 atom stereocenters. The molecule has 3 rings (SSSR count). The fraction of sp³-hybridized carbons (Fsp3) is 0.318. The van der Waals surface area contributed by atoms with Gasteiger partial charge in [0.25, 0.3) is 0 Å². The van der Waals surface area contributed by atoms with Crippen LogP contribution in [0.15, 0.2) is 48.5 Å². The number of rotatable bonds is 6. The van der Waals surface area contributed by atoms with Crippen LogP contribution in [0.1, 0.15) is 36.9 Å². The number of likely N-dealkylation sites (tertiary alicyclic amines) is 1. The van der Waals surface area contributed by atoms with Crippen LogP contribution in [-0.2, 0) is 4.79 Å². The molecule has 27 heavy (non-hydrogen) atoms. The second-order valence-electron chi connectivity index (χ2n) is 6.40. The molecule has 1 aliphatic heterocycles. The number of hydrogen-bond acceptors (Lipinski definition) is 3. The Morgan fingerprint density at radius 3 is 2.78 bits per heavy atom. The second kappa shape index (κ2) is 8.96. The Hall–Kier alpha value is -2.46. The van der Waals surface area contributed by atoms with Crippen molar-refractivity contribution in [2.75, 3.05) is 20.3 Å². The molecule has 5 heteroatoms. The zero-order chi connectivity index (χ0) is 19.2. The number of hydrogen-bond donors (Lipinski definition) is 0. The summed E-state index contributed by atoms with van der Waals surface area (Å²) >= 11 is 6.30. The van der Waals surface area contributed by atoms with Crippen LogP contribution >= 0.6 is 11.6 Å². The summed E-state index contributed by atoms with van der Waals surface area (Å²) in [7, 11) is 1.57. The molecule has 2 aromatic rings. The van der Waals surface area contributed by atoms with Crippen LogP contribution in [0.4, 0.5) is 0 Å². The number of benzene rings is 2. The Balaban J connectivity index is 1.77. The molecule has 0 saturated carbocycles. The summed E-state index contributed by atoms with van der Waals surface area (Å²) in [4.78, 5) is 14.7. The van der Waals surface area contributed by atoms with Crippen LogP contribution in [0, 0.1) is 0 Å². The molecule has 4 nitrogen and oxygen atoms in total. The molecular formula is C22H24ClNO3. The number of nitrogens with zero attached hydrogens (tertiary/aromatic N) is 1. The summed E-state index contributed by atoms with van der Waals surface area (Å²) in [5, 5.41) is 0.464. The van der Waals surface area contributed by atoms with Gasteiger partial charge in [0.05, 0.1) is 24.8 Å². The molecule has 1 saturated heterocycles. The summed E-state index contributed by atoms with van der Waals surface area (Å²) < 4.78 is 10.9. The van der Waals surface area contributed by atoms with Gasteiger partial charge in [-0.15, -0.1) is 0 Å². The molecule has 142 valence electrons. The minimum atomic E-state index is 0.00493. The molecule has 1 unspecified atom stereocenters. The summed E-state index contributed by atoms with van der Waals surface area (Å²) in [5.41, 5.74) is 1.98. The maximum atomic E-state index is 12.8. The first-order chi connectivity index (χ1) is 13.1. The molecule has 2 aromatic carbocycles. The minimum Gasteiger partial charge on any atom is -0.493 e. The van der Waals surface area contributed by atoms with Crippen LogP contribution in [-0.4, -0.2) is 31.1 Å². The van der Waals surface area contributed by atoms with E-state index in [0.29, 0.717) is 23.1 Å². The fourth-order valence-corrected chi connectivity index (χ4v) is 3.71. The van der Waals surface area contributed by atoms with E-state index in [2.05, 4.69) is 12.1 Å². The predicted octanol–water partition coefficient (Wildman–Crippen LogP) is 5.12. The van der Waals surface area contributed by atoms with Crippen molar-refractivity contribution < 1.29 is 14.3 Å². The lowest BCUT2D eigenvalue weighted by Gasteiger charge is -2.23. The molecular weight excluding hydrogens is 362 g/mol. The van der Waals surface area contributed by atoms with Crippen LogP contribution in [0.2, 0.25) is 5.02 Å². The smallest absolute Gasteiger partial charge is 0.247 e. The zero-order valence-corrected chi connectivity index (χ0v) is 16.4. The van der Waals surface area contributed by atoms with E-state index in [9.17, 15) is 4.79 Å². The highest BCUT2D eigenvalue weighted by molar-refractivity contribution is 6.32. The van der Waals surface area contributed by atoms with Crippen molar-refractivity contribution in [3.63, 3.8) is 0 Å². The van der Waals surface area contributed by atoms with Gasteiger partial charge < -0.3 is 14.4 Å². The average Bonchev–Trinajstić information content (AvgIpc) is 3.18. The van der Waals surface area contributed by atoms with Crippen molar-refractivity contribution in [3.05, 3.63) is 64.7 Å². The van der Waals surface area contributed by atoms with Gasteiger partial charge in [0.1, 0.15) is 0 Å². The monoisotopic (exact) mass is 385 g/mol. The van der Waals surface area contributed by atoms with Gasteiger partial charge >= 0.3 is 0 Å². The van der Waals surface area contributed by atoms with E-state index in [0.717, 1.165) is 24.9 Å². The largest absolute Gasteiger partial charge is 0.493 e. The summed E-state index contributed by atoms with van der Waals surface area (Å²) in [6, 6.07) is 13.9. The van der Waals surface area contributed by atoms with E-state index < -0.39 is 0 Å². The van der Waals surface area contributed by atoms with Crippen molar-refractivity contribution in [2.45, 2.75) is 25.8 Å². The van der Waals surface area contributed by atoms with Crippen LogP contribution < -0.4 is 9.47 Å². The number of carbonyl (C=O) groups excluding carboxylic acids is 1. The molecule has 0 radical (unpaired) electrons. The van der Waals surface area contributed by atoms with Crippen molar-refractivity contribution in [3.8, 4) is 11.5 Å². The van der Waals surface area contributed by atoms with E-state index in [4.69, 9.17) is 21.1 Å². The van der Waals surface area contributed by atoms with Crippen molar-refractivity contribution >= 4 is 23.6 Å². The molecule has 1 fully saturated rings. The van der Waals surface area contributed by atoms with Crippen LogP contribution in [0.5, 0.6) is 11.5 Å². The molecule has 1 aliphatic rings. The van der Waals surface area contributed by atoms with Gasteiger partial charge in [-0.05, 0) is 49.1 Å². The number of methoxy groups -OCH3 is 1. The standard InChI is InChI=1S/C22H24ClNO3/c1-3-27-22-18(23)14-16(15-20(22)26-2)11-12-21(25)24-13-7-10-19(24)17-8-5-4-6-9-17/h4-6,8-9,11-12,14-15,19H,3,7,10,13H2,1-2H3/b12-11+. The first kappa shape index (κ1) is 19.3. The lowest BCUT2D eigenvalue weighted by Crippen LogP contribution is -2.28. The lowest BCUT2D eigenvalue weighted by atomic mass is 10.0. The van der Waals surface area contributed by atoms with Gasteiger partial charge in [0.2, 0.25) is 5.91 Å². The number of carbonyl (C=O) groups is 1. The van der Waals surface area contributed by atoms with E-state index in [1.54, 1.807) is 25.3 Å². The van der Waals surface area contributed by atoms with Crippen LogP contribution in [0.25, 0.3) is 6.08 Å². The molecule has 0 aromatic heterocycles. The normalized spacial score (nSPS) is 16.7. The second-order valence-corrected chi connectivity index (χ2v) is 6.81. The molecule has 0 aliphatic carbocycles. The predicted molar refractivity (Wildman–Crippen MR) is 108 cm³/mol. The minimum absolute atomic E-state index is 0.00493. The van der Waals surface area contributed by atoms with Gasteiger partial charge in [0, 0.05) is 12.6 Å². The Bertz CT molecular complexity index is 820. The molecule has 0 N–H and O–H groups in total. The molecule has 1 heterocycles. The first-order valence-electron chi connectivity index (χ1n) is 9.18. The number of ether oxygens (including phenoxy) is 2. The number of halogens is 1. The van der Waals surface area contributed by atoms with E-state index in [-0.39, 0.29) is 11.9 Å². The van der Waals surface area contributed by atoms with Gasteiger partial charge in [-0.3, -0.25) is 4.79 Å². The quantitative estimate of drug-likeness (QED) is 0.647. The maximum absolute atomic E-state index is 12.8. The number of amides is 1. The summed E-state index contributed by atoms with van der Waals surface area (Å²) in [5.74, 6) is 1.08. The van der Waals surface area contributed by atoms with Gasteiger partial charge in [-0.25, -0.2) is 0 Å². The molecule has 1 amide bonds. The lowest BCUT2D eigenvalue weighted by molar-refractivity contribution is -0.126. The third-order valence-corrected chi connectivity index (χ3v) is 4.96. The van der Waals surface area contributed by atoms with E-state index in [1.165, 1.54) is 5.56 Å². The fourth-order valence-electron chi connectivity index (χ4n) is 3.44. The highest BCUT2D eigenvalue weighted by Crippen LogP contribution is 2.37.